The van der Waals surface area contributed by atoms with Crippen LogP contribution in [0, 0.1) is 22.7 Å². The Labute approximate surface area is 307 Å². The Balaban J connectivity index is 1.76. The molecule has 1 saturated carbocycles. The normalized spacial score (nSPS) is 20.7. The number of likely N-dealkylation sites (tertiary alicyclic amines) is 1. The minimum Gasteiger partial charge on any atom is -0.444 e. The maximum Gasteiger partial charge on any atom is 0.408 e. The third kappa shape index (κ3) is 10.3. The Bertz CT molecular complexity index is 1510. The molecule has 6 atom stereocenters. The van der Waals surface area contributed by atoms with Crippen molar-refractivity contribution in [2.45, 2.75) is 111 Å². The van der Waals surface area contributed by atoms with Crippen molar-refractivity contribution < 1.29 is 38.3 Å². The van der Waals surface area contributed by atoms with Gasteiger partial charge in [0.1, 0.15) is 23.7 Å². The van der Waals surface area contributed by atoms with E-state index in [1.807, 2.05) is 41.5 Å². The van der Waals surface area contributed by atoms with Crippen LogP contribution < -0.4 is 21.3 Å². The number of carbonyl (C=O) groups excluding carboxylic acids is 7. The van der Waals surface area contributed by atoms with Crippen molar-refractivity contribution in [1.82, 2.24) is 31.1 Å². The van der Waals surface area contributed by atoms with Gasteiger partial charge >= 0.3 is 6.09 Å². The van der Waals surface area contributed by atoms with Crippen LogP contribution in [0.15, 0.2) is 30.3 Å². The number of benzene rings is 1. The van der Waals surface area contributed by atoms with E-state index in [4.69, 9.17) is 4.74 Å². The van der Waals surface area contributed by atoms with Gasteiger partial charge in [0.15, 0.2) is 0 Å². The first-order chi connectivity index (χ1) is 24.0. The van der Waals surface area contributed by atoms with Gasteiger partial charge in [-0.05, 0) is 55.4 Å². The standard InChI is InChI=1S/C38H58N6O8/c1-12-13-19-24(29(46)32(48)39-20-25(45)41-27(33(49)43(10)11)22-17-15-14-16-18-22)40-31(47)28-26-23(38(26,8)9)21-44(28)34(50)30(36(2,3)4)42-35(51)52-37(5,6)7/h14-18,23-24,26-28,30H,12-13,19-21H2,1-11H3,(H,39,48)(H,40,47)(H,41,45)(H,42,51). The van der Waals surface area contributed by atoms with E-state index in [0.717, 1.165) is 0 Å². The van der Waals surface area contributed by atoms with Gasteiger partial charge in [-0.15, -0.1) is 0 Å². The van der Waals surface area contributed by atoms with Crippen molar-refractivity contribution >= 4 is 41.4 Å². The molecule has 288 valence electrons. The average Bonchev–Trinajstić information content (AvgIpc) is 3.35. The fourth-order valence-corrected chi connectivity index (χ4v) is 6.80. The topological polar surface area (TPSA) is 183 Å². The highest BCUT2D eigenvalue weighted by atomic mass is 16.6. The first-order valence-electron chi connectivity index (χ1n) is 18.0. The second-order valence-corrected chi connectivity index (χ2v) is 16.7. The number of hydrogen-bond donors (Lipinski definition) is 4. The highest BCUT2D eigenvalue weighted by molar-refractivity contribution is 6.38. The summed E-state index contributed by atoms with van der Waals surface area (Å²) in [6.45, 7) is 16.3. The van der Waals surface area contributed by atoms with E-state index in [1.54, 1.807) is 65.2 Å². The molecule has 0 radical (unpaired) electrons. The molecule has 4 N–H and O–H groups in total. The zero-order valence-electron chi connectivity index (χ0n) is 32.5. The average molecular weight is 727 g/mol. The number of hydrogen-bond acceptors (Lipinski definition) is 8. The van der Waals surface area contributed by atoms with E-state index >= 15 is 0 Å². The fourth-order valence-electron chi connectivity index (χ4n) is 6.80. The second kappa shape index (κ2) is 16.5. The number of amides is 6. The van der Waals surface area contributed by atoms with Gasteiger partial charge in [0.2, 0.25) is 29.4 Å². The van der Waals surface area contributed by atoms with Crippen molar-refractivity contribution in [2.75, 3.05) is 27.2 Å². The molecule has 0 bridgehead atoms. The molecule has 1 aliphatic heterocycles. The number of ether oxygens (including phenoxy) is 1. The highest BCUT2D eigenvalue weighted by Gasteiger charge is 2.70. The third-order valence-corrected chi connectivity index (χ3v) is 9.77. The van der Waals surface area contributed by atoms with Gasteiger partial charge in [-0.2, -0.15) is 0 Å². The summed E-state index contributed by atoms with van der Waals surface area (Å²) in [5.41, 5.74) is -1.21. The van der Waals surface area contributed by atoms with Crippen LogP contribution in [-0.4, -0.2) is 102 Å². The summed E-state index contributed by atoms with van der Waals surface area (Å²) in [4.78, 5) is 96.2. The van der Waals surface area contributed by atoms with Gasteiger partial charge in [-0.3, -0.25) is 28.8 Å². The largest absolute Gasteiger partial charge is 0.444 e. The lowest BCUT2D eigenvalue weighted by Crippen LogP contribution is -2.60. The lowest BCUT2D eigenvalue weighted by molar-refractivity contribution is -0.145. The molecule has 0 spiro atoms. The van der Waals surface area contributed by atoms with Crippen LogP contribution in [0.2, 0.25) is 0 Å². The highest BCUT2D eigenvalue weighted by Crippen LogP contribution is 2.65. The lowest BCUT2D eigenvalue weighted by atomic mass is 9.85. The number of nitrogens with zero attached hydrogens (tertiary/aromatic N) is 2. The number of Topliss-reactive ketones (excluding diaryl/α,β-unsaturated/α-hetero) is 1. The maximum atomic E-state index is 14.2. The molecule has 6 amide bonds. The van der Waals surface area contributed by atoms with Crippen molar-refractivity contribution in [3.63, 3.8) is 0 Å². The predicted octanol–water partition coefficient (Wildman–Crippen LogP) is 2.71. The van der Waals surface area contributed by atoms with Crippen LogP contribution in [-0.2, 0) is 33.5 Å². The number of carbonyl (C=O) groups is 7. The molecular formula is C38H58N6O8. The number of alkyl carbamates (subject to hydrolysis) is 1. The molecule has 1 saturated heterocycles. The van der Waals surface area contributed by atoms with Crippen molar-refractivity contribution in [3.05, 3.63) is 35.9 Å². The summed E-state index contributed by atoms with van der Waals surface area (Å²) >= 11 is 0. The van der Waals surface area contributed by atoms with Crippen LogP contribution in [0.1, 0.15) is 93.2 Å². The van der Waals surface area contributed by atoms with Crippen molar-refractivity contribution in [3.8, 4) is 0 Å². The van der Waals surface area contributed by atoms with Gasteiger partial charge in [0, 0.05) is 20.6 Å². The first kappa shape index (κ1) is 41.9. The number of piperidine rings is 1. The van der Waals surface area contributed by atoms with Crippen molar-refractivity contribution in [2.24, 2.45) is 22.7 Å². The maximum absolute atomic E-state index is 14.2. The van der Waals surface area contributed by atoms with E-state index in [1.165, 1.54) is 9.80 Å². The van der Waals surface area contributed by atoms with Crippen LogP contribution in [0.5, 0.6) is 0 Å². The predicted molar refractivity (Wildman–Crippen MR) is 194 cm³/mol. The van der Waals surface area contributed by atoms with E-state index in [9.17, 15) is 33.6 Å². The van der Waals surface area contributed by atoms with Crippen LogP contribution in [0.25, 0.3) is 0 Å². The second-order valence-electron chi connectivity index (χ2n) is 16.7. The number of fused-ring (bicyclic) bond motifs is 1. The summed E-state index contributed by atoms with van der Waals surface area (Å²) in [6, 6.07) is 4.47. The molecule has 14 heteroatoms. The molecule has 2 fully saturated rings. The molecule has 52 heavy (non-hydrogen) atoms. The van der Waals surface area contributed by atoms with Gasteiger partial charge in [0.05, 0.1) is 12.6 Å². The Morgan fingerprint density at radius 2 is 1.56 bits per heavy atom. The summed E-state index contributed by atoms with van der Waals surface area (Å²) in [7, 11) is 3.12. The third-order valence-electron chi connectivity index (χ3n) is 9.77. The summed E-state index contributed by atoms with van der Waals surface area (Å²) in [6.07, 6.45) is 0.611. The number of likely N-dealkylation sites (N-methyl/N-ethyl adjacent to an activating group) is 1. The number of rotatable bonds is 14. The van der Waals surface area contributed by atoms with Gasteiger partial charge in [0.25, 0.3) is 5.91 Å². The lowest BCUT2D eigenvalue weighted by Gasteiger charge is -2.38. The Kier molecular flexibility index (Phi) is 13.3. The molecule has 6 unspecified atom stereocenters. The van der Waals surface area contributed by atoms with E-state index in [-0.39, 0.29) is 29.6 Å². The van der Waals surface area contributed by atoms with E-state index in [0.29, 0.717) is 24.9 Å². The number of unbranched alkanes of at least 4 members (excludes halogenated alkanes) is 1. The molecule has 1 heterocycles. The van der Waals surface area contributed by atoms with E-state index in [2.05, 4.69) is 21.3 Å². The first-order valence-corrected chi connectivity index (χ1v) is 18.0. The SMILES string of the molecule is CCCCC(NC(=O)C1C2C(CN1C(=O)C(NC(=O)OC(C)(C)C)C(C)(C)C)C2(C)C)C(=O)C(=O)NCC(=O)NC(C(=O)N(C)C)c1ccccc1. The molecule has 1 aromatic carbocycles. The summed E-state index contributed by atoms with van der Waals surface area (Å²) < 4.78 is 5.43. The minimum atomic E-state index is -1.21. The smallest absolute Gasteiger partial charge is 0.408 e. The molecule has 1 aromatic rings. The minimum absolute atomic E-state index is 0.0278. The van der Waals surface area contributed by atoms with Gasteiger partial charge in [-0.25, -0.2) is 4.79 Å². The Morgan fingerprint density at radius 1 is 0.942 bits per heavy atom. The zero-order chi connectivity index (χ0) is 39.3. The zero-order valence-corrected chi connectivity index (χ0v) is 32.5. The number of nitrogens with one attached hydrogen (secondary N) is 4. The Morgan fingerprint density at radius 3 is 2.10 bits per heavy atom. The van der Waals surface area contributed by atoms with Gasteiger partial charge in [-0.1, -0.05) is 84.7 Å². The molecule has 14 nitrogen and oxygen atoms in total. The fraction of sp³-hybridized carbons (Fsp3) is 0.658. The molecule has 2 aliphatic rings. The molecule has 1 aliphatic carbocycles. The quantitative estimate of drug-likeness (QED) is 0.211. The van der Waals surface area contributed by atoms with E-state index < -0.39 is 77.2 Å². The van der Waals surface area contributed by atoms with Crippen LogP contribution in [0.4, 0.5) is 4.79 Å². The van der Waals surface area contributed by atoms with Crippen LogP contribution >= 0.6 is 0 Å². The molecule has 3 rings (SSSR count). The summed E-state index contributed by atoms with van der Waals surface area (Å²) in [5.74, 6) is -4.23. The number of ketones is 1. The molecule has 0 aromatic heterocycles. The Hall–Kier alpha value is -4.49. The van der Waals surface area contributed by atoms with Crippen molar-refractivity contribution in [1.29, 1.82) is 0 Å². The monoisotopic (exact) mass is 726 g/mol. The summed E-state index contributed by atoms with van der Waals surface area (Å²) in [5, 5.41) is 10.4. The molecular weight excluding hydrogens is 668 g/mol. The van der Waals surface area contributed by atoms with Gasteiger partial charge < -0.3 is 35.8 Å². The van der Waals surface area contributed by atoms with Crippen LogP contribution in [0.3, 0.4) is 0 Å².